The Morgan fingerprint density at radius 3 is 2.61 bits per heavy atom. The van der Waals surface area contributed by atoms with Crippen LogP contribution in [0, 0.1) is 23.2 Å². The summed E-state index contributed by atoms with van der Waals surface area (Å²) in [4.78, 5) is 4.74. The number of methoxy groups -OCH3 is 1. The average Bonchev–Trinajstić information content (AvgIpc) is 3.57. The van der Waals surface area contributed by atoms with Crippen molar-refractivity contribution in [2.24, 2.45) is 11.3 Å². The van der Waals surface area contributed by atoms with Gasteiger partial charge in [-0.15, -0.1) is 0 Å². The van der Waals surface area contributed by atoms with Crippen LogP contribution >= 0.6 is 0 Å². The van der Waals surface area contributed by atoms with Gasteiger partial charge in [0.15, 0.2) is 5.58 Å². The molecule has 2 aromatic carbocycles. The molecule has 0 amide bonds. The number of likely N-dealkylation sites (tertiary alicyclic amines) is 1. The minimum absolute atomic E-state index is 0.0356. The van der Waals surface area contributed by atoms with Crippen molar-refractivity contribution in [1.29, 1.82) is 0 Å². The molecule has 0 unspecified atom stereocenters. The summed E-state index contributed by atoms with van der Waals surface area (Å²) >= 11 is 0. The minimum atomic E-state index is -0.0356. The molecule has 6 nitrogen and oxygen atoms in total. The van der Waals surface area contributed by atoms with E-state index in [9.17, 15) is 0 Å². The van der Waals surface area contributed by atoms with Gasteiger partial charge in [0.25, 0.3) is 0 Å². The van der Waals surface area contributed by atoms with Crippen LogP contribution in [0.5, 0.6) is 5.75 Å². The molecule has 0 radical (unpaired) electrons. The fourth-order valence-electron chi connectivity index (χ4n) is 5.46. The summed E-state index contributed by atoms with van der Waals surface area (Å²) in [5.41, 5.74) is 4.37. The lowest BCUT2D eigenvalue weighted by molar-refractivity contribution is 0.172. The minimum Gasteiger partial charge on any atom is -0.492 e. The standard InChI is InChI=1S/C32H41N3O3/c1-34(2)23-28-30(37-24-32(17-18-32)16-7-21-36-3)13-11-27-29(33-38-31(27)28)12-10-25-14-19-35(20-15-25)22-26-8-5-4-6-9-26/h4-6,8-9,11,13,25H,10,12,14-15,17-24H2,1-3H3. The molecule has 2 heterocycles. The predicted octanol–water partition coefficient (Wildman–Crippen LogP) is 5.54. The van der Waals surface area contributed by atoms with E-state index in [2.05, 4.69) is 83.4 Å². The molecule has 1 aliphatic carbocycles. The molecule has 0 N–H and O–H groups in total. The molecule has 1 saturated carbocycles. The molecule has 1 aromatic heterocycles. The van der Waals surface area contributed by atoms with E-state index in [1.165, 1.54) is 31.5 Å². The third-order valence-corrected chi connectivity index (χ3v) is 7.92. The Bertz CT molecular complexity index is 1250. The molecular weight excluding hydrogens is 474 g/mol. The van der Waals surface area contributed by atoms with E-state index >= 15 is 0 Å². The average molecular weight is 516 g/mol. The summed E-state index contributed by atoms with van der Waals surface area (Å²) in [6.45, 7) is 5.20. The first-order valence-corrected chi connectivity index (χ1v) is 14.0. The highest BCUT2D eigenvalue weighted by Gasteiger charge is 2.42. The van der Waals surface area contributed by atoms with Crippen molar-refractivity contribution in [3.05, 3.63) is 59.3 Å². The van der Waals surface area contributed by atoms with Crippen molar-refractivity contribution in [2.75, 3.05) is 47.5 Å². The van der Waals surface area contributed by atoms with E-state index in [0.29, 0.717) is 13.2 Å². The van der Waals surface area contributed by atoms with E-state index in [4.69, 9.17) is 14.0 Å². The number of aryl methyl sites for hydroxylation is 1. The third-order valence-electron chi connectivity index (χ3n) is 7.92. The van der Waals surface area contributed by atoms with Crippen LogP contribution in [0.25, 0.3) is 11.0 Å². The molecular formula is C32H41N3O3. The molecule has 6 heteroatoms. The topological polar surface area (TPSA) is 51.0 Å². The molecule has 3 aromatic rings. The number of hydrogen-bond donors (Lipinski definition) is 0. The van der Waals surface area contributed by atoms with Crippen LogP contribution in [0.1, 0.15) is 48.9 Å². The fourth-order valence-corrected chi connectivity index (χ4v) is 5.46. The summed E-state index contributed by atoms with van der Waals surface area (Å²) < 4.78 is 17.4. The van der Waals surface area contributed by atoms with Crippen LogP contribution in [-0.2, 0) is 24.2 Å². The van der Waals surface area contributed by atoms with Crippen molar-refractivity contribution in [1.82, 2.24) is 15.0 Å². The van der Waals surface area contributed by atoms with E-state index in [1.807, 2.05) is 0 Å². The van der Waals surface area contributed by atoms with Gasteiger partial charge in [0.2, 0.25) is 0 Å². The number of fused-ring (bicyclic) bond motifs is 1. The van der Waals surface area contributed by atoms with Gasteiger partial charge in [-0.2, -0.15) is 0 Å². The highest BCUT2D eigenvalue weighted by Crippen LogP contribution is 2.46. The summed E-state index contributed by atoms with van der Waals surface area (Å²) in [5.74, 6) is 8.09. The maximum atomic E-state index is 6.36. The van der Waals surface area contributed by atoms with E-state index in [0.717, 1.165) is 72.7 Å². The summed E-state index contributed by atoms with van der Waals surface area (Å²) in [6, 6.07) is 15.0. The van der Waals surface area contributed by atoms with Gasteiger partial charge in [-0.3, -0.25) is 4.90 Å². The molecule has 5 rings (SSSR count). The zero-order chi connectivity index (χ0) is 26.4. The molecule has 1 aliphatic heterocycles. The first-order chi connectivity index (χ1) is 18.5. The van der Waals surface area contributed by atoms with Crippen molar-refractivity contribution in [2.45, 2.75) is 51.6 Å². The molecule has 0 bridgehead atoms. The lowest BCUT2D eigenvalue weighted by atomic mass is 9.91. The Kier molecular flexibility index (Phi) is 8.68. The smallest absolute Gasteiger partial charge is 0.175 e. The van der Waals surface area contributed by atoms with Crippen LogP contribution in [0.15, 0.2) is 47.0 Å². The van der Waals surface area contributed by atoms with Gasteiger partial charge < -0.3 is 18.9 Å². The van der Waals surface area contributed by atoms with Crippen LogP contribution in [0.4, 0.5) is 0 Å². The van der Waals surface area contributed by atoms with Crippen molar-refractivity contribution < 1.29 is 14.0 Å². The first-order valence-electron chi connectivity index (χ1n) is 14.0. The number of benzene rings is 2. The number of ether oxygens (including phenoxy) is 2. The zero-order valence-electron chi connectivity index (χ0n) is 23.2. The first kappa shape index (κ1) is 26.7. The Hall–Kier alpha value is -2.85. The van der Waals surface area contributed by atoms with Crippen LogP contribution in [0.3, 0.4) is 0 Å². The number of piperidine rings is 1. The van der Waals surface area contributed by atoms with Gasteiger partial charge in [-0.1, -0.05) is 47.3 Å². The lowest BCUT2D eigenvalue weighted by Gasteiger charge is -2.32. The molecule has 38 heavy (non-hydrogen) atoms. The van der Waals surface area contributed by atoms with E-state index in [1.54, 1.807) is 7.11 Å². The maximum absolute atomic E-state index is 6.36. The van der Waals surface area contributed by atoms with E-state index in [-0.39, 0.29) is 5.41 Å². The third kappa shape index (κ3) is 6.77. The molecule has 202 valence electrons. The number of aromatic nitrogens is 1. The summed E-state index contributed by atoms with van der Waals surface area (Å²) in [7, 11) is 5.82. The largest absolute Gasteiger partial charge is 0.492 e. The molecule has 1 saturated heterocycles. The fraction of sp³-hybridized carbons (Fsp3) is 0.531. The Morgan fingerprint density at radius 2 is 1.89 bits per heavy atom. The Labute approximate surface area is 227 Å². The highest BCUT2D eigenvalue weighted by atomic mass is 16.5. The summed E-state index contributed by atoms with van der Waals surface area (Å²) in [6.07, 6.45) is 6.77. The monoisotopic (exact) mass is 515 g/mol. The Balaban J connectivity index is 1.20. The number of rotatable bonds is 11. The van der Waals surface area contributed by atoms with Crippen LogP contribution in [-0.4, -0.2) is 62.5 Å². The van der Waals surface area contributed by atoms with Gasteiger partial charge in [-0.05, 0) is 89.3 Å². The number of nitrogens with zero attached hydrogens (tertiary/aromatic N) is 3. The van der Waals surface area contributed by atoms with Gasteiger partial charge in [0, 0.05) is 25.6 Å². The van der Waals surface area contributed by atoms with Gasteiger partial charge in [-0.25, -0.2) is 0 Å². The zero-order valence-corrected chi connectivity index (χ0v) is 23.2. The predicted molar refractivity (Wildman–Crippen MR) is 151 cm³/mol. The second kappa shape index (κ2) is 12.3. The van der Waals surface area contributed by atoms with Crippen LogP contribution in [0.2, 0.25) is 0 Å². The molecule has 2 aliphatic rings. The Morgan fingerprint density at radius 1 is 1.11 bits per heavy atom. The molecule has 2 fully saturated rings. The SMILES string of the molecule is COCC#CC1(COc2ccc3c(CCC4CCN(Cc5ccccc5)CC4)noc3c2CN(C)C)CC1. The number of hydrogen-bond acceptors (Lipinski definition) is 6. The van der Waals surface area contributed by atoms with Gasteiger partial charge in [0.05, 0.1) is 16.7 Å². The van der Waals surface area contributed by atoms with Gasteiger partial charge >= 0.3 is 0 Å². The normalized spacial score (nSPS) is 17.5. The lowest BCUT2D eigenvalue weighted by Crippen LogP contribution is -2.33. The highest BCUT2D eigenvalue weighted by molar-refractivity contribution is 5.84. The molecule has 0 atom stereocenters. The molecule has 0 spiro atoms. The quantitative estimate of drug-likeness (QED) is 0.313. The van der Waals surface area contributed by atoms with Crippen molar-refractivity contribution in [3.8, 4) is 17.6 Å². The van der Waals surface area contributed by atoms with Crippen molar-refractivity contribution in [3.63, 3.8) is 0 Å². The van der Waals surface area contributed by atoms with E-state index < -0.39 is 0 Å². The van der Waals surface area contributed by atoms with Crippen LogP contribution < -0.4 is 4.74 Å². The summed E-state index contributed by atoms with van der Waals surface area (Å²) in [5, 5.41) is 5.66. The maximum Gasteiger partial charge on any atom is 0.175 e. The van der Waals surface area contributed by atoms with Crippen molar-refractivity contribution >= 4 is 11.0 Å². The second-order valence-corrected chi connectivity index (χ2v) is 11.3. The van der Waals surface area contributed by atoms with Gasteiger partial charge in [0.1, 0.15) is 19.0 Å². The second-order valence-electron chi connectivity index (χ2n) is 11.3.